The first-order chi connectivity index (χ1) is 11.2. The number of nitrogens with one attached hydrogen (secondary N) is 1. The Labute approximate surface area is 146 Å². The van der Waals surface area contributed by atoms with Crippen molar-refractivity contribution in [2.45, 2.75) is 52.0 Å². The molecule has 2 N–H and O–H groups in total. The van der Waals surface area contributed by atoms with Gasteiger partial charge in [-0.3, -0.25) is 4.79 Å². The third-order valence-corrected chi connectivity index (χ3v) is 6.14. The average Bonchev–Trinajstić information content (AvgIpc) is 3.17. The summed E-state index contributed by atoms with van der Waals surface area (Å²) in [6, 6.07) is -0.183. The van der Waals surface area contributed by atoms with Crippen molar-refractivity contribution in [1.29, 1.82) is 0 Å². The second-order valence-electron chi connectivity index (χ2n) is 7.97. The first-order valence-corrected chi connectivity index (χ1v) is 9.31. The van der Waals surface area contributed by atoms with Gasteiger partial charge < -0.3 is 15.3 Å². The first-order valence-electron chi connectivity index (χ1n) is 8.43. The number of carbonyl (C=O) groups is 2. The maximum Gasteiger partial charge on any atom is 0.317 e. The van der Waals surface area contributed by atoms with Crippen molar-refractivity contribution in [1.82, 2.24) is 15.2 Å². The lowest BCUT2D eigenvalue weighted by molar-refractivity contribution is -0.149. The van der Waals surface area contributed by atoms with E-state index < -0.39 is 11.4 Å². The highest BCUT2D eigenvalue weighted by Crippen LogP contribution is 2.48. The number of rotatable bonds is 3. The van der Waals surface area contributed by atoms with Gasteiger partial charge in [-0.15, -0.1) is 11.3 Å². The lowest BCUT2D eigenvalue weighted by Crippen LogP contribution is -2.41. The van der Waals surface area contributed by atoms with Crippen LogP contribution in [0.5, 0.6) is 0 Å². The molecule has 0 unspecified atom stereocenters. The summed E-state index contributed by atoms with van der Waals surface area (Å²) in [6.45, 7) is 7.59. The lowest BCUT2D eigenvalue weighted by atomic mass is 9.81. The van der Waals surface area contributed by atoms with E-state index in [1.807, 2.05) is 5.38 Å². The number of nitrogens with zero attached hydrogens (tertiary/aromatic N) is 2. The summed E-state index contributed by atoms with van der Waals surface area (Å²) in [6.07, 6.45) is 2.52. The van der Waals surface area contributed by atoms with Crippen LogP contribution in [0.25, 0.3) is 0 Å². The van der Waals surface area contributed by atoms with Gasteiger partial charge in [-0.1, -0.05) is 27.2 Å². The number of likely N-dealkylation sites (tertiary alicyclic amines) is 1. The molecule has 0 aromatic carbocycles. The minimum atomic E-state index is -0.755. The van der Waals surface area contributed by atoms with Crippen molar-refractivity contribution < 1.29 is 14.7 Å². The summed E-state index contributed by atoms with van der Waals surface area (Å²) >= 11 is 1.54. The molecule has 0 spiro atoms. The molecule has 1 aliphatic carbocycles. The van der Waals surface area contributed by atoms with E-state index in [0.29, 0.717) is 26.1 Å². The van der Waals surface area contributed by atoms with E-state index in [2.05, 4.69) is 31.1 Å². The van der Waals surface area contributed by atoms with Gasteiger partial charge in [0.1, 0.15) is 5.01 Å². The monoisotopic (exact) mass is 351 g/mol. The Balaban J connectivity index is 1.59. The second-order valence-corrected chi connectivity index (χ2v) is 8.91. The topological polar surface area (TPSA) is 82.5 Å². The highest BCUT2D eigenvalue weighted by molar-refractivity contribution is 7.09. The number of aliphatic carboxylic acids is 1. The molecule has 2 aliphatic rings. The average molecular weight is 351 g/mol. The smallest absolute Gasteiger partial charge is 0.317 e. The van der Waals surface area contributed by atoms with E-state index in [1.54, 1.807) is 16.2 Å². The van der Waals surface area contributed by atoms with Crippen molar-refractivity contribution in [2.75, 3.05) is 13.1 Å². The molecule has 2 amide bonds. The third kappa shape index (κ3) is 3.01. The van der Waals surface area contributed by atoms with E-state index in [-0.39, 0.29) is 17.4 Å². The van der Waals surface area contributed by atoms with E-state index in [9.17, 15) is 14.7 Å². The van der Waals surface area contributed by atoms with Gasteiger partial charge in [-0.25, -0.2) is 9.78 Å². The fourth-order valence-electron chi connectivity index (χ4n) is 3.79. The molecule has 1 saturated carbocycles. The number of amides is 2. The lowest BCUT2D eigenvalue weighted by Gasteiger charge is -2.23. The predicted octanol–water partition coefficient (Wildman–Crippen LogP) is 2.84. The largest absolute Gasteiger partial charge is 0.481 e. The third-order valence-electron chi connectivity index (χ3n) is 5.29. The van der Waals surface area contributed by atoms with Crippen molar-refractivity contribution in [3.8, 4) is 0 Å². The quantitative estimate of drug-likeness (QED) is 0.877. The molecule has 2 fully saturated rings. The highest BCUT2D eigenvalue weighted by atomic mass is 32.1. The summed E-state index contributed by atoms with van der Waals surface area (Å²) in [7, 11) is 0. The number of hydrogen-bond acceptors (Lipinski definition) is 4. The van der Waals surface area contributed by atoms with Gasteiger partial charge in [-0.2, -0.15) is 0 Å². The molecular formula is C17H25N3O3S. The molecule has 1 aromatic rings. The number of fused-ring (bicyclic) bond motifs is 1. The molecule has 1 aromatic heterocycles. The summed E-state index contributed by atoms with van der Waals surface area (Å²) in [4.78, 5) is 30.3. The van der Waals surface area contributed by atoms with Gasteiger partial charge in [0.2, 0.25) is 0 Å². The van der Waals surface area contributed by atoms with Crippen molar-refractivity contribution in [3.05, 3.63) is 16.1 Å². The van der Waals surface area contributed by atoms with E-state index in [0.717, 1.165) is 23.5 Å². The summed E-state index contributed by atoms with van der Waals surface area (Å²) in [5.41, 5.74) is 0.300. The normalized spacial score (nSPS) is 26.5. The number of carbonyl (C=O) groups excluding carboxylic acids is 1. The van der Waals surface area contributed by atoms with Crippen LogP contribution in [0, 0.1) is 11.3 Å². The van der Waals surface area contributed by atoms with Crippen molar-refractivity contribution in [2.24, 2.45) is 11.3 Å². The number of aromatic nitrogens is 1. The van der Waals surface area contributed by atoms with Gasteiger partial charge in [0.05, 0.1) is 17.7 Å². The van der Waals surface area contributed by atoms with Gasteiger partial charge in [0.25, 0.3) is 0 Å². The Morgan fingerprint density at radius 3 is 2.83 bits per heavy atom. The zero-order chi connectivity index (χ0) is 17.5. The van der Waals surface area contributed by atoms with Crippen LogP contribution in [0.1, 0.15) is 50.7 Å². The Morgan fingerprint density at radius 1 is 1.50 bits per heavy atom. The van der Waals surface area contributed by atoms with Crippen LogP contribution in [0.2, 0.25) is 0 Å². The summed E-state index contributed by atoms with van der Waals surface area (Å²) < 4.78 is 0. The Bertz CT molecular complexity index is 652. The van der Waals surface area contributed by atoms with Crippen LogP contribution >= 0.6 is 11.3 Å². The standard InChI is InChI=1S/C17H25N3O3S/c1-16(2,3)12-9-24-13(19-12)7-18-15(23)20-8-11-5-4-6-17(11,10-20)14(21)22/h9,11H,4-8,10H2,1-3H3,(H,18,23)(H,21,22)/t11-,17+/m0/s1. The zero-order valence-electron chi connectivity index (χ0n) is 14.5. The molecule has 1 saturated heterocycles. The molecule has 24 heavy (non-hydrogen) atoms. The van der Waals surface area contributed by atoms with Gasteiger partial charge in [0, 0.05) is 23.9 Å². The van der Waals surface area contributed by atoms with Crippen LogP contribution in [0.4, 0.5) is 4.79 Å². The number of urea groups is 1. The van der Waals surface area contributed by atoms with Gasteiger partial charge in [0.15, 0.2) is 0 Å². The Kier molecular flexibility index (Phi) is 4.32. The van der Waals surface area contributed by atoms with Crippen LogP contribution in [0.3, 0.4) is 0 Å². The van der Waals surface area contributed by atoms with Crippen LogP contribution in [0.15, 0.2) is 5.38 Å². The molecule has 2 atom stereocenters. The summed E-state index contributed by atoms with van der Waals surface area (Å²) in [5.74, 6) is -0.664. The fraction of sp³-hybridized carbons (Fsp3) is 0.706. The maximum absolute atomic E-state index is 12.4. The van der Waals surface area contributed by atoms with Crippen LogP contribution in [-0.4, -0.2) is 40.1 Å². The number of thiazole rings is 1. The molecule has 6 nitrogen and oxygen atoms in total. The molecule has 1 aliphatic heterocycles. The number of hydrogen-bond donors (Lipinski definition) is 2. The molecule has 3 rings (SSSR count). The van der Waals surface area contributed by atoms with Crippen molar-refractivity contribution in [3.63, 3.8) is 0 Å². The molecule has 2 heterocycles. The number of carboxylic acids is 1. The van der Waals surface area contributed by atoms with E-state index >= 15 is 0 Å². The van der Waals surface area contributed by atoms with Gasteiger partial charge in [-0.05, 0) is 18.8 Å². The maximum atomic E-state index is 12.4. The number of carboxylic acid groups (broad SMARTS) is 1. The fourth-order valence-corrected chi connectivity index (χ4v) is 4.75. The second kappa shape index (κ2) is 6.02. The van der Waals surface area contributed by atoms with Crippen LogP contribution in [-0.2, 0) is 16.8 Å². The molecule has 0 bridgehead atoms. The molecule has 7 heteroatoms. The molecular weight excluding hydrogens is 326 g/mol. The minimum absolute atomic E-state index is 0.000967. The minimum Gasteiger partial charge on any atom is -0.481 e. The zero-order valence-corrected chi connectivity index (χ0v) is 15.3. The van der Waals surface area contributed by atoms with E-state index in [1.165, 1.54) is 0 Å². The Hall–Kier alpha value is -1.63. The Morgan fingerprint density at radius 2 is 2.25 bits per heavy atom. The van der Waals surface area contributed by atoms with E-state index in [4.69, 9.17) is 0 Å². The van der Waals surface area contributed by atoms with Gasteiger partial charge >= 0.3 is 12.0 Å². The van der Waals surface area contributed by atoms with Crippen molar-refractivity contribution >= 4 is 23.3 Å². The molecule has 0 radical (unpaired) electrons. The van der Waals surface area contributed by atoms with Crippen LogP contribution < -0.4 is 5.32 Å². The molecule has 132 valence electrons. The first kappa shape index (κ1) is 17.2. The highest BCUT2D eigenvalue weighted by Gasteiger charge is 2.55. The summed E-state index contributed by atoms with van der Waals surface area (Å²) in [5, 5.41) is 15.4. The SMILES string of the molecule is CC(C)(C)c1csc(CNC(=O)N2C[C@@H]3CCC[C@@]3(C(=O)O)C2)n1. The predicted molar refractivity (Wildman–Crippen MR) is 92.0 cm³/mol.